The van der Waals surface area contributed by atoms with Crippen LogP contribution in [0.4, 0.5) is 0 Å². The number of hydrogen-bond donors (Lipinski definition) is 1. The summed E-state index contributed by atoms with van der Waals surface area (Å²) in [4.78, 5) is 0. The predicted octanol–water partition coefficient (Wildman–Crippen LogP) is 5.69. The molecule has 23 heavy (non-hydrogen) atoms. The van der Waals surface area contributed by atoms with E-state index in [1.807, 2.05) is 42.5 Å². The summed E-state index contributed by atoms with van der Waals surface area (Å²) >= 11 is 0. The minimum atomic E-state index is 0.00763. The minimum absolute atomic E-state index is 0.00763. The van der Waals surface area contributed by atoms with E-state index in [-0.39, 0.29) is 16.6 Å². The molecule has 0 unspecified atom stereocenters. The minimum Gasteiger partial charge on any atom is -0.504 e. The van der Waals surface area contributed by atoms with Crippen LogP contribution in [-0.4, -0.2) is 5.11 Å². The van der Waals surface area contributed by atoms with Gasteiger partial charge in [0.15, 0.2) is 11.5 Å². The third-order valence-electron chi connectivity index (χ3n) is 3.95. The molecule has 0 saturated heterocycles. The molecule has 2 aromatic carbocycles. The van der Waals surface area contributed by atoms with E-state index < -0.39 is 0 Å². The molecule has 0 heterocycles. The van der Waals surface area contributed by atoms with Crippen LogP contribution in [0.3, 0.4) is 0 Å². The highest BCUT2D eigenvalue weighted by atomic mass is 16.5. The first-order valence-corrected chi connectivity index (χ1v) is 8.18. The van der Waals surface area contributed by atoms with Crippen molar-refractivity contribution in [2.45, 2.75) is 53.1 Å². The Balaban J connectivity index is 2.11. The zero-order chi connectivity index (χ0) is 17.1. The largest absolute Gasteiger partial charge is 0.504 e. The summed E-state index contributed by atoms with van der Waals surface area (Å²) in [7, 11) is 0. The van der Waals surface area contributed by atoms with Crippen LogP contribution in [0, 0.1) is 5.41 Å². The van der Waals surface area contributed by atoms with Crippen LogP contribution in [0.5, 0.6) is 11.5 Å². The van der Waals surface area contributed by atoms with Gasteiger partial charge in [0.2, 0.25) is 0 Å². The summed E-state index contributed by atoms with van der Waals surface area (Å²) in [5.41, 5.74) is 2.47. The maximum atomic E-state index is 10.3. The van der Waals surface area contributed by atoms with Crippen molar-refractivity contribution in [1.82, 2.24) is 0 Å². The molecule has 0 radical (unpaired) electrons. The van der Waals surface area contributed by atoms with Crippen LogP contribution in [0.1, 0.15) is 52.2 Å². The fraction of sp³-hybridized carbons (Fsp3) is 0.429. The first kappa shape index (κ1) is 17.4. The van der Waals surface area contributed by atoms with Crippen LogP contribution in [0.2, 0.25) is 0 Å². The molecule has 2 heteroatoms. The van der Waals surface area contributed by atoms with Gasteiger partial charge in [0, 0.05) is 0 Å². The number of benzene rings is 2. The summed E-state index contributed by atoms with van der Waals surface area (Å²) in [5.74, 6) is 0.740. The Morgan fingerprint density at radius 1 is 0.913 bits per heavy atom. The highest BCUT2D eigenvalue weighted by molar-refractivity contribution is 5.44. The summed E-state index contributed by atoms with van der Waals surface area (Å²) in [5, 5.41) is 10.3. The highest BCUT2D eigenvalue weighted by Crippen LogP contribution is 2.39. The van der Waals surface area contributed by atoms with Gasteiger partial charge in [-0.3, -0.25) is 0 Å². The smallest absolute Gasteiger partial charge is 0.161 e. The Bertz CT molecular complexity index is 637. The van der Waals surface area contributed by atoms with Gasteiger partial charge in [-0.05, 0) is 40.5 Å². The van der Waals surface area contributed by atoms with Crippen molar-refractivity contribution in [2.75, 3.05) is 0 Å². The van der Waals surface area contributed by atoms with Gasteiger partial charge in [0.25, 0.3) is 0 Å². The topological polar surface area (TPSA) is 29.5 Å². The van der Waals surface area contributed by atoms with Crippen LogP contribution in [0.15, 0.2) is 48.5 Å². The van der Waals surface area contributed by atoms with Crippen molar-refractivity contribution < 1.29 is 9.84 Å². The number of aromatic hydroxyl groups is 1. The Kier molecular flexibility index (Phi) is 5.03. The number of phenols is 1. The quantitative estimate of drug-likeness (QED) is 0.769. The standard InChI is InChI=1S/C21H28O2/c1-20(2,3)15-21(4,5)17-11-12-19(18(22)13-17)23-14-16-9-7-6-8-10-16/h6-13,22H,14-15H2,1-5H3. The summed E-state index contributed by atoms with van der Waals surface area (Å²) in [6, 6.07) is 15.7. The molecule has 2 aromatic rings. The van der Waals surface area contributed by atoms with Gasteiger partial charge in [0.05, 0.1) is 0 Å². The molecule has 124 valence electrons. The van der Waals surface area contributed by atoms with Gasteiger partial charge in [-0.15, -0.1) is 0 Å². The van der Waals surface area contributed by atoms with Gasteiger partial charge in [-0.1, -0.05) is 71.0 Å². The molecule has 0 spiro atoms. The van der Waals surface area contributed by atoms with Crippen molar-refractivity contribution in [2.24, 2.45) is 5.41 Å². The average Bonchev–Trinajstić information content (AvgIpc) is 2.44. The number of rotatable bonds is 5. The van der Waals surface area contributed by atoms with Gasteiger partial charge in [0.1, 0.15) is 6.61 Å². The third-order valence-corrected chi connectivity index (χ3v) is 3.95. The highest BCUT2D eigenvalue weighted by Gasteiger charge is 2.27. The fourth-order valence-corrected chi connectivity index (χ4v) is 3.22. The summed E-state index contributed by atoms with van der Waals surface area (Å²) < 4.78 is 5.74. The van der Waals surface area contributed by atoms with Crippen molar-refractivity contribution in [1.29, 1.82) is 0 Å². The van der Waals surface area contributed by atoms with Gasteiger partial charge >= 0.3 is 0 Å². The van der Waals surface area contributed by atoms with E-state index in [0.29, 0.717) is 12.4 Å². The lowest BCUT2D eigenvalue weighted by molar-refractivity contribution is 0.278. The first-order valence-electron chi connectivity index (χ1n) is 8.18. The van der Waals surface area contributed by atoms with E-state index >= 15 is 0 Å². The van der Waals surface area contributed by atoms with Crippen LogP contribution < -0.4 is 4.74 Å². The molecule has 0 aliphatic rings. The van der Waals surface area contributed by atoms with Gasteiger partial charge in [-0.25, -0.2) is 0 Å². The van der Waals surface area contributed by atoms with E-state index in [1.54, 1.807) is 0 Å². The lowest BCUT2D eigenvalue weighted by Crippen LogP contribution is -2.24. The fourth-order valence-electron chi connectivity index (χ4n) is 3.22. The molecule has 2 rings (SSSR count). The number of phenolic OH excluding ortho intramolecular Hbond substituents is 1. The molecule has 0 amide bonds. The normalized spacial score (nSPS) is 12.2. The van der Waals surface area contributed by atoms with E-state index in [4.69, 9.17) is 4.74 Å². The SMILES string of the molecule is CC(C)(C)CC(C)(C)c1ccc(OCc2ccccc2)c(O)c1. The molecule has 0 fully saturated rings. The number of hydrogen-bond acceptors (Lipinski definition) is 2. The lowest BCUT2D eigenvalue weighted by Gasteiger charge is -2.33. The van der Waals surface area contributed by atoms with Gasteiger partial charge < -0.3 is 9.84 Å². The molecule has 0 bridgehead atoms. The Morgan fingerprint density at radius 2 is 1.57 bits per heavy atom. The van der Waals surface area contributed by atoms with Crippen molar-refractivity contribution >= 4 is 0 Å². The Morgan fingerprint density at radius 3 is 2.13 bits per heavy atom. The van der Waals surface area contributed by atoms with Crippen molar-refractivity contribution in [3.63, 3.8) is 0 Å². The van der Waals surface area contributed by atoms with E-state index in [1.165, 1.54) is 0 Å². The van der Waals surface area contributed by atoms with E-state index in [2.05, 4.69) is 40.7 Å². The van der Waals surface area contributed by atoms with Crippen molar-refractivity contribution in [3.05, 3.63) is 59.7 Å². The first-order chi connectivity index (χ1) is 10.7. The molecular formula is C21H28O2. The molecule has 0 atom stereocenters. The lowest BCUT2D eigenvalue weighted by atomic mass is 9.72. The van der Waals surface area contributed by atoms with Crippen LogP contribution in [0.25, 0.3) is 0 Å². The zero-order valence-corrected chi connectivity index (χ0v) is 14.9. The molecular weight excluding hydrogens is 284 g/mol. The summed E-state index contributed by atoms with van der Waals surface area (Å²) in [6.45, 7) is 11.6. The second-order valence-corrected chi connectivity index (χ2v) is 8.08. The Hall–Kier alpha value is -1.96. The van der Waals surface area contributed by atoms with Gasteiger partial charge in [-0.2, -0.15) is 0 Å². The molecule has 0 aliphatic carbocycles. The van der Waals surface area contributed by atoms with Crippen LogP contribution in [-0.2, 0) is 12.0 Å². The predicted molar refractivity (Wildman–Crippen MR) is 96.0 cm³/mol. The van der Waals surface area contributed by atoms with E-state index in [0.717, 1.165) is 17.5 Å². The second kappa shape index (κ2) is 6.66. The van der Waals surface area contributed by atoms with Crippen LogP contribution >= 0.6 is 0 Å². The maximum absolute atomic E-state index is 10.3. The number of ether oxygens (including phenoxy) is 1. The average molecular weight is 312 g/mol. The monoisotopic (exact) mass is 312 g/mol. The van der Waals surface area contributed by atoms with E-state index in [9.17, 15) is 5.11 Å². The second-order valence-electron chi connectivity index (χ2n) is 8.08. The zero-order valence-electron chi connectivity index (χ0n) is 14.9. The molecule has 1 N–H and O–H groups in total. The summed E-state index contributed by atoms with van der Waals surface area (Å²) in [6.07, 6.45) is 1.05. The molecule has 0 aromatic heterocycles. The molecule has 0 aliphatic heterocycles. The Labute approximate surface area is 140 Å². The molecule has 0 saturated carbocycles. The maximum Gasteiger partial charge on any atom is 0.161 e. The van der Waals surface area contributed by atoms with Crippen molar-refractivity contribution in [3.8, 4) is 11.5 Å². The molecule has 2 nitrogen and oxygen atoms in total. The third kappa shape index (κ3) is 5.02.